The quantitative estimate of drug-likeness (QED) is 0.254. The summed E-state index contributed by atoms with van der Waals surface area (Å²) in [7, 11) is 0. The minimum atomic E-state index is 0. The maximum Gasteiger partial charge on any atom is 0.191 e. The molecule has 0 amide bonds. The minimum absolute atomic E-state index is 0. The zero-order chi connectivity index (χ0) is 18.9. The van der Waals surface area contributed by atoms with Crippen LogP contribution >= 0.6 is 24.0 Å². The summed E-state index contributed by atoms with van der Waals surface area (Å²) in [5, 5.41) is 6.77. The fourth-order valence-electron chi connectivity index (χ4n) is 3.53. The number of imidazole rings is 1. The molecule has 1 aliphatic heterocycles. The van der Waals surface area contributed by atoms with Gasteiger partial charge in [-0.05, 0) is 63.9 Å². The van der Waals surface area contributed by atoms with E-state index in [1.807, 2.05) is 24.4 Å². The number of likely N-dealkylation sites (tertiary alicyclic amines) is 1. The number of piperidine rings is 1. The number of aromatic nitrogens is 2. The van der Waals surface area contributed by atoms with Gasteiger partial charge in [0.2, 0.25) is 0 Å². The van der Waals surface area contributed by atoms with Crippen molar-refractivity contribution in [3.8, 4) is 0 Å². The number of nitrogens with zero attached hydrogens (tertiary/aromatic N) is 4. The first kappa shape index (κ1) is 22.9. The zero-order valence-corrected chi connectivity index (χ0v) is 19.6. The van der Waals surface area contributed by atoms with E-state index in [1.54, 1.807) is 0 Å². The summed E-state index contributed by atoms with van der Waals surface area (Å²) in [6.07, 6.45) is 8.83. The van der Waals surface area contributed by atoms with Crippen LogP contribution in [0.4, 0.5) is 0 Å². The maximum atomic E-state index is 4.73. The van der Waals surface area contributed by atoms with E-state index < -0.39 is 0 Å². The van der Waals surface area contributed by atoms with Crippen molar-refractivity contribution in [3.05, 3.63) is 36.3 Å². The topological polar surface area (TPSA) is 57.0 Å². The summed E-state index contributed by atoms with van der Waals surface area (Å²) in [6.45, 7) is 10.7. The highest BCUT2D eigenvalue weighted by molar-refractivity contribution is 14.0. The lowest BCUT2D eigenvalue weighted by atomic mass is 9.99. The molecule has 0 radical (unpaired) electrons. The lowest BCUT2D eigenvalue weighted by molar-refractivity contribution is 0.192. The third-order valence-electron chi connectivity index (χ3n) is 5.21. The minimum Gasteiger partial charge on any atom is -0.357 e. The van der Waals surface area contributed by atoms with Crippen molar-refractivity contribution in [2.75, 3.05) is 39.3 Å². The van der Waals surface area contributed by atoms with Gasteiger partial charge in [-0.2, -0.15) is 0 Å². The number of aliphatic imine (C=N–C) groups is 1. The second-order valence-electron chi connectivity index (χ2n) is 7.51. The van der Waals surface area contributed by atoms with Gasteiger partial charge in [-0.3, -0.25) is 4.99 Å². The molecule has 1 aliphatic rings. The Morgan fingerprint density at radius 1 is 1.25 bits per heavy atom. The van der Waals surface area contributed by atoms with Crippen LogP contribution in [0.1, 0.15) is 38.8 Å². The molecule has 0 atom stereocenters. The highest BCUT2D eigenvalue weighted by Crippen LogP contribution is 2.15. The van der Waals surface area contributed by atoms with Gasteiger partial charge in [0.1, 0.15) is 5.65 Å². The molecule has 1 fully saturated rings. The first-order valence-electron chi connectivity index (χ1n) is 10.4. The molecule has 1 saturated heterocycles. The molecular formula is C21H35IN6. The SMILES string of the molecule is CCNC(=NCCCN1CCC(C)CC1)NCCc1cn2ccccc2n1.I. The van der Waals surface area contributed by atoms with Crippen molar-refractivity contribution >= 4 is 35.6 Å². The van der Waals surface area contributed by atoms with Gasteiger partial charge in [0.25, 0.3) is 0 Å². The molecule has 7 heteroatoms. The summed E-state index contributed by atoms with van der Waals surface area (Å²) in [4.78, 5) is 12.0. The smallest absolute Gasteiger partial charge is 0.191 e. The fraction of sp³-hybridized carbons (Fsp3) is 0.619. The van der Waals surface area contributed by atoms with Gasteiger partial charge in [-0.25, -0.2) is 4.98 Å². The molecule has 3 heterocycles. The second-order valence-corrected chi connectivity index (χ2v) is 7.51. The highest BCUT2D eigenvalue weighted by atomic mass is 127. The van der Waals surface area contributed by atoms with E-state index in [0.29, 0.717) is 0 Å². The molecule has 156 valence electrons. The molecule has 28 heavy (non-hydrogen) atoms. The third kappa shape index (κ3) is 7.24. The van der Waals surface area contributed by atoms with E-state index in [-0.39, 0.29) is 24.0 Å². The molecule has 0 unspecified atom stereocenters. The van der Waals surface area contributed by atoms with Crippen LogP contribution < -0.4 is 10.6 Å². The number of pyridine rings is 1. The molecule has 0 spiro atoms. The van der Waals surface area contributed by atoms with E-state index in [1.165, 1.54) is 25.9 Å². The summed E-state index contributed by atoms with van der Waals surface area (Å²) < 4.78 is 2.07. The van der Waals surface area contributed by atoms with Crippen LogP contribution in [0.25, 0.3) is 5.65 Å². The zero-order valence-electron chi connectivity index (χ0n) is 17.2. The van der Waals surface area contributed by atoms with Crippen molar-refractivity contribution in [1.82, 2.24) is 24.9 Å². The van der Waals surface area contributed by atoms with E-state index in [2.05, 4.69) is 45.0 Å². The predicted molar refractivity (Wildman–Crippen MR) is 128 cm³/mol. The van der Waals surface area contributed by atoms with Crippen LogP contribution in [0.15, 0.2) is 35.6 Å². The molecule has 3 rings (SSSR count). The fourth-order valence-corrected chi connectivity index (χ4v) is 3.53. The molecule has 6 nitrogen and oxygen atoms in total. The Hall–Kier alpha value is -1.35. The van der Waals surface area contributed by atoms with Crippen LogP contribution in [0, 0.1) is 5.92 Å². The first-order valence-corrected chi connectivity index (χ1v) is 10.4. The number of nitrogens with one attached hydrogen (secondary N) is 2. The van der Waals surface area contributed by atoms with Gasteiger partial charge in [0, 0.05) is 38.4 Å². The molecule has 0 bridgehead atoms. The normalized spacial score (nSPS) is 16.1. The average molecular weight is 498 g/mol. The lowest BCUT2D eigenvalue weighted by Gasteiger charge is -2.29. The van der Waals surface area contributed by atoms with Gasteiger partial charge < -0.3 is 19.9 Å². The Labute approximate surface area is 186 Å². The van der Waals surface area contributed by atoms with Crippen LogP contribution in [0.3, 0.4) is 0 Å². The van der Waals surface area contributed by atoms with Crippen LogP contribution in [-0.4, -0.2) is 59.5 Å². The highest BCUT2D eigenvalue weighted by Gasteiger charge is 2.14. The van der Waals surface area contributed by atoms with Gasteiger partial charge in [0.05, 0.1) is 5.69 Å². The van der Waals surface area contributed by atoms with Gasteiger partial charge in [-0.15, -0.1) is 24.0 Å². The van der Waals surface area contributed by atoms with Crippen molar-refractivity contribution in [2.24, 2.45) is 10.9 Å². The standard InChI is InChI=1S/C21H34N6.HI/c1-3-22-21(23-11-6-13-26-15-9-18(2)10-16-26)24-12-8-19-17-27-14-5-4-7-20(27)25-19;/h4-5,7,14,17-18H,3,6,8-13,15-16H2,1-2H3,(H2,22,23,24);1H. The predicted octanol–water partition coefficient (Wildman–Crippen LogP) is 3.17. The molecule has 2 aromatic rings. The van der Waals surface area contributed by atoms with E-state index in [4.69, 9.17) is 4.99 Å². The molecule has 2 aromatic heterocycles. The number of hydrogen-bond acceptors (Lipinski definition) is 3. The summed E-state index contributed by atoms with van der Waals surface area (Å²) >= 11 is 0. The number of hydrogen-bond donors (Lipinski definition) is 2. The Kier molecular flexibility index (Phi) is 10.0. The van der Waals surface area contributed by atoms with E-state index in [9.17, 15) is 0 Å². The Balaban J connectivity index is 0.00000280. The van der Waals surface area contributed by atoms with Crippen LogP contribution in [-0.2, 0) is 6.42 Å². The van der Waals surface area contributed by atoms with Gasteiger partial charge >= 0.3 is 0 Å². The summed E-state index contributed by atoms with van der Waals surface area (Å²) in [6, 6.07) is 6.08. The van der Waals surface area contributed by atoms with E-state index in [0.717, 1.165) is 62.2 Å². The van der Waals surface area contributed by atoms with Gasteiger partial charge in [-0.1, -0.05) is 13.0 Å². The summed E-state index contributed by atoms with van der Waals surface area (Å²) in [5.41, 5.74) is 2.10. The van der Waals surface area contributed by atoms with Crippen molar-refractivity contribution in [3.63, 3.8) is 0 Å². The number of rotatable bonds is 8. The Morgan fingerprint density at radius 2 is 2.07 bits per heavy atom. The molecule has 2 N–H and O–H groups in total. The third-order valence-corrected chi connectivity index (χ3v) is 5.21. The number of guanidine groups is 1. The molecule has 0 aromatic carbocycles. The number of fused-ring (bicyclic) bond motifs is 1. The van der Waals surface area contributed by atoms with Crippen molar-refractivity contribution in [2.45, 2.75) is 39.5 Å². The largest absolute Gasteiger partial charge is 0.357 e. The van der Waals surface area contributed by atoms with Crippen LogP contribution in [0.2, 0.25) is 0 Å². The molecule has 0 aliphatic carbocycles. The average Bonchev–Trinajstić information content (AvgIpc) is 3.09. The van der Waals surface area contributed by atoms with Gasteiger partial charge in [0.15, 0.2) is 5.96 Å². The molecular weight excluding hydrogens is 463 g/mol. The Morgan fingerprint density at radius 3 is 2.82 bits per heavy atom. The number of halogens is 1. The van der Waals surface area contributed by atoms with Crippen molar-refractivity contribution in [1.29, 1.82) is 0 Å². The maximum absolute atomic E-state index is 4.73. The second kappa shape index (κ2) is 12.3. The first-order chi connectivity index (χ1) is 13.2. The molecule has 0 saturated carbocycles. The summed E-state index contributed by atoms with van der Waals surface area (Å²) in [5.74, 6) is 1.81. The van der Waals surface area contributed by atoms with Crippen molar-refractivity contribution < 1.29 is 0 Å². The monoisotopic (exact) mass is 498 g/mol. The lowest BCUT2D eigenvalue weighted by Crippen LogP contribution is -2.38. The Bertz CT molecular complexity index is 688. The van der Waals surface area contributed by atoms with Crippen LogP contribution in [0.5, 0.6) is 0 Å². The van der Waals surface area contributed by atoms with E-state index >= 15 is 0 Å².